The Kier molecular flexibility index (Phi) is 12.4. The van der Waals surface area contributed by atoms with E-state index in [1.807, 2.05) is 0 Å². The number of morpholine rings is 1. The molecular formula is C30H35Cl2N5O9S. The molecule has 0 radical (unpaired) electrons. The van der Waals surface area contributed by atoms with Crippen molar-refractivity contribution >= 4 is 82.5 Å². The first kappa shape index (κ1) is 35.9. The van der Waals surface area contributed by atoms with E-state index in [9.17, 15) is 33.9 Å². The van der Waals surface area contributed by atoms with E-state index in [0.29, 0.717) is 61.1 Å². The first-order valence-electron chi connectivity index (χ1n) is 15.0. The number of rotatable bonds is 11. The van der Waals surface area contributed by atoms with E-state index >= 15 is 0 Å². The minimum Gasteiger partial charge on any atom is -0.480 e. The van der Waals surface area contributed by atoms with E-state index < -0.39 is 42.1 Å². The van der Waals surface area contributed by atoms with Crippen molar-refractivity contribution in [2.24, 2.45) is 0 Å². The number of carboxylic acid groups (broad SMARTS) is 1. The number of carbonyl (C=O) groups excluding carboxylic acids is 5. The Hall–Kier alpha value is -3.92. The maximum absolute atomic E-state index is 13.4. The molecule has 0 saturated carbocycles. The number of nitrogens with zero attached hydrogens (tertiary/aromatic N) is 4. The Morgan fingerprint density at radius 3 is 2.40 bits per heavy atom. The van der Waals surface area contributed by atoms with E-state index in [0.717, 1.165) is 16.2 Å². The van der Waals surface area contributed by atoms with Crippen LogP contribution < -0.4 is 15.1 Å². The van der Waals surface area contributed by atoms with Crippen molar-refractivity contribution in [3.63, 3.8) is 0 Å². The van der Waals surface area contributed by atoms with Crippen molar-refractivity contribution in [2.75, 3.05) is 55.7 Å². The maximum Gasteiger partial charge on any atom is 0.414 e. The molecule has 254 valence electrons. The van der Waals surface area contributed by atoms with Crippen LogP contribution in [0.3, 0.4) is 0 Å². The highest BCUT2D eigenvalue weighted by atomic mass is 35.5. The fourth-order valence-corrected chi connectivity index (χ4v) is 6.59. The number of nitrogens with one attached hydrogen (secondary N) is 1. The Balaban J connectivity index is 0.00000500. The first-order valence-corrected chi connectivity index (χ1v) is 16.2. The molecule has 3 aliphatic rings. The van der Waals surface area contributed by atoms with Gasteiger partial charge in [-0.3, -0.25) is 24.2 Å². The number of carbonyl (C=O) groups is 6. The number of ether oxygens (including phenoxy) is 2. The number of carboxylic acids is 1. The number of thiophene rings is 1. The molecular weight excluding hydrogens is 677 g/mol. The second-order valence-corrected chi connectivity index (χ2v) is 12.7. The predicted octanol–water partition coefficient (Wildman–Crippen LogP) is 3.61. The van der Waals surface area contributed by atoms with E-state index in [4.69, 9.17) is 21.1 Å². The molecule has 1 aromatic heterocycles. The predicted molar refractivity (Wildman–Crippen MR) is 174 cm³/mol. The maximum atomic E-state index is 13.4. The number of unbranched alkanes of at least 4 members (excludes halogenated alkanes) is 1. The summed E-state index contributed by atoms with van der Waals surface area (Å²) in [5.41, 5.74) is 1.22. The standard InChI is InChI=1S/C30H34ClN5O9S.ClH/c31-24-11-10-23(46-24)27(39)36(25(37)5-1-2-12-32-29(42)34-13-3-4-22(34)28(40)41)17-21-16-35(30(43)45-21)20-8-6-19(7-9-20)33-14-15-44-18-26(33)38;/h6-11,21-22H,1-5,12-18H2,(H,32,42)(H,40,41);1H/t21-,22+;/m1./s1. The van der Waals surface area contributed by atoms with Crippen molar-refractivity contribution in [1.82, 2.24) is 15.1 Å². The molecule has 3 saturated heterocycles. The van der Waals surface area contributed by atoms with Crippen LogP contribution in [0, 0.1) is 0 Å². The molecule has 17 heteroatoms. The molecule has 3 fully saturated rings. The van der Waals surface area contributed by atoms with Gasteiger partial charge in [-0.25, -0.2) is 14.4 Å². The summed E-state index contributed by atoms with van der Waals surface area (Å²) in [7, 11) is 0. The molecule has 1 aromatic carbocycles. The van der Waals surface area contributed by atoms with Crippen LogP contribution in [0.4, 0.5) is 21.0 Å². The fraction of sp³-hybridized carbons (Fsp3) is 0.467. The van der Waals surface area contributed by atoms with Crippen LogP contribution in [0.15, 0.2) is 36.4 Å². The zero-order chi connectivity index (χ0) is 32.8. The van der Waals surface area contributed by atoms with Gasteiger partial charge >= 0.3 is 18.1 Å². The third kappa shape index (κ3) is 8.71. The molecule has 5 rings (SSSR count). The average Bonchev–Trinajstić information content (AvgIpc) is 3.79. The minimum absolute atomic E-state index is 0. The highest BCUT2D eigenvalue weighted by Crippen LogP contribution is 2.28. The number of urea groups is 1. The van der Waals surface area contributed by atoms with E-state index in [-0.39, 0.29) is 55.9 Å². The summed E-state index contributed by atoms with van der Waals surface area (Å²) in [6, 6.07) is 8.66. The number of hydrogen-bond donors (Lipinski definition) is 2. The zero-order valence-electron chi connectivity index (χ0n) is 25.3. The highest BCUT2D eigenvalue weighted by molar-refractivity contribution is 7.18. The van der Waals surface area contributed by atoms with Gasteiger partial charge < -0.3 is 29.7 Å². The van der Waals surface area contributed by atoms with E-state index in [2.05, 4.69) is 5.32 Å². The summed E-state index contributed by atoms with van der Waals surface area (Å²) < 4.78 is 11.1. The number of benzene rings is 1. The molecule has 0 spiro atoms. The summed E-state index contributed by atoms with van der Waals surface area (Å²) in [5.74, 6) is -2.22. The van der Waals surface area contributed by atoms with Crippen LogP contribution in [-0.2, 0) is 23.9 Å². The number of imide groups is 1. The summed E-state index contributed by atoms with van der Waals surface area (Å²) >= 11 is 7.07. The van der Waals surface area contributed by atoms with Crippen molar-refractivity contribution < 1.29 is 43.3 Å². The summed E-state index contributed by atoms with van der Waals surface area (Å²) in [6.07, 6.45) is 0.383. The third-order valence-electron chi connectivity index (χ3n) is 7.94. The van der Waals surface area contributed by atoms with Crippen molar-refractivity contribution in [2.45, 2.75) is 44.2 Å². The van der Waals surface area contributed by atoms with Gasteiger partial charge in [0.2, 0.25) is 5.91 Å². The lowest BCUT2D eigenvalue weighted by Gasteiger charge is -2.27. The number of aliphatic carboxylic acids is 1. The third-order valence-corrected chi connectivity index (χ3v) is 9.16. The van der Waals surface area contributed by atoms with Gasteiger partial charge in [-0.2, -0.15) is 0 Å². The van der Waals surface area contributed by atoms with Gasteiger partial charge in [0.25, 0.3) is 11.8 Å². The number of halogens is 2. The van der Waals surface area contributed by atoms with Crippen molar-refractivity contribution in [3.05, 3.63) is 45.6 Å². The van der Waals surface area contributed by atoms with E-state index in [1.165, 1.54) is 15.9 Å². The van der Waals surface area contributed by atoms with Gasteiger partial charge in [-0.1, -0.05) is 11.6 Å². The molecule has 0 unspecified atom stereocenters. The van der Waals surface area contributed by atoms with Gasteiger partial charge in [0.15, 0.2) is 0 Å². The van der Waals surface area contributed by atoms with E-state index in [1.54, 1.807) is 35.2 Å². The number of amides is 6. The monoisotopic (exact) mass is 711 g/mol. The van der Waals surface area contributed by atoms with Crippen molar-refractivity contribution in [1.29, 1.82) is 0 Å². The highest BCUT2D eigenvalue weighted by Gasteiger charge is 2.37. The molecule has 2 N–H and O–H groups in total. The molecule has 0 aliphatic carbocycles. The van der Waals surface area contributed by atoms with Crippen LogP contribution in [0.5, 0.6) is 0 Å². The largest absolute Gasteiger partial charge is 0.480 e. The molecule has 6 amide bonds. The van der Waals surface area contributed by atoms with Crippen LogP contribution in [0.25, 0.3) is 0 Å². The second kappa shape index (κ2) is 16.3. The Morgan fingerprint density at radius 2 is 1.74 bits per heavy atom. The molecule has 2 aromatic rings. The van der Waals surface area contributed by atoms with Gasteiger partial charge in [0, 0.05) is 37.4 Å². The average molecular weight is 713 g/mol. The fourth-order valence-electron chi connectivity index (χ4n) is 5.59. The smallest absolute Gasteiger partial charge is 0.414 e. The normalized spacial score (nSPS) is 19.3. The SMILES string of the molecule is Cl.O=C(O)[C@@H]1CCCN1C(=O)NCCCCC(=O)N(C[C@H]1CN(c2ccc(N3CCOCC3=O)cc2)C(=O)O1)C(=O)c1ccc(Cl)s1. The number of likely N-dealkylation sites (tertiary alicyclic amines) is 1. The molecule has 0 bridgehead atoms. The van der Waals surface area contributed by atoms with Crippen molar-refractivity contribution in [3.8, 4) is 0 Å². The Bertz CT molecular complexity index is 1490. The summed E-state index contributed by atoms with van der Waals surface area (Å²) in [5, 5.41) is 12.0. The van der Waals surface area contributed by atoms with Crippen LogP contribution in [0.1, 0.15) is 41.8 Å². The zero-order valence-corrected chi connectivity index (χ0v) is 27.7. The minimum atomic E-state index is -1.04. The van der Waals surface area contributed by atoms with Gasteiger partial charge in [-0.15, -0.1) is 23.7 Å². The molecule has 3 aliphatic heterocycles. The van der Waals surface area contributed by atoms with Crippen LogP contribution in [-0.4, -0.2) is 109 Å². The van der Waals surface area contributed by atoms with Crippen LogP contribution >= 0.6 is 35.3 Å². The summed E-state index contributed by atoms with van der Waals surface area (Å²) in [4.78, 5) is 81.1. The lowest BCUT2D eigenvalue weighted by atomic mass is 10.2. The Morgan fingerprint density at radius 1 is 1.02 bits per heavy atom. The molecule has 2 atom stereocenters. The molecule has 4 heterocycles. The van der Waals surface area contributed by atoms with Gasteiger partial charge in [-0.05, 0) is 62.1 Å². The lowest BCUT2D eigenvalue weighted by Crippen LogP contribution is -2.46. The van der Waals surface area contributed by atoms with Crippen LogP contribution in [0.2, 0.25) is 4.34 Å². The van der Waals surface area contributed by atoms with Gasteiger partial charge in [0.05, 0.1) is 28.9 Å². The number of cyclic esters (lactones) is 1. The number of anilines is 2. The topological polar surface area (TPSA) is 166 Å². The first-order chi connectivity index (χ1) is 22.1. The Labute approximate surface area is 285 Å². The molecule has 47 heavy (non-hydrogen) atoms. The molecule has 14 nitrogen and oxygen atoms in total. The quantitative estimate of drug-likeness (QED) is 0.331. The van der Waals surface area contributed by atoms with Gasteiger partial charge in [0.1, 0.15) is 18.8 Å². The second-order valence-electron chi connectivity index (χ2n) is 11.0. The lowest BCUT2D eigenvalue weighted by molar-refractivity contribution is -0.141. The number of hydrogen-bond acceptors (Lipinski definition) is 9. The summed E-state index contributed by atoms with van der Waals surface area (Å²) in [6.45, 7) is 1.40.